The molecule has 1 aromatic carbocycles. The van der Waals surface area contributed by atoms with Crippen molar-refractivity contribution in [3.63, 3.8) is 0 Å². The highest BCUT2D eigenvalue weighted by Gasteiger charge is 2.35. The Balaban J connectivity index is 3.16. The maximum Gasteiger partial charge on any atom is 0.416 e. The summed E-state index contributed by atoms with van der Waals surface area (Å²) in [6, 6.07) is 4.00. The molecule has 2 N–H and O–H groups in total. The molecule has 0 aliphatic carbocycles. The number of alkyl halides is 3. The molecule has 0 saturated heterocycles. The van der Waals surface area contributed by atoms with Gasteiger partial charge in [-0.2, -0.15) is 13.2 Å². The molecule has 19 heavy (non-hydrogen) atoms. The molecule has 0 aliphatic heterocycles. The first-order valence-electron chi connectivity index (χ1n) is 5.27. The monoisotopic (exact) mass is 276 g/mol. The molecule has 0 heterocycles. The van der Waals surface area contributed by atoms with Crippen LogP contribution in [0.2, 0.25) is 0 Å². The highest BCUT2D eigenvalue weighted by molar-refractivity contribution is 5.94. The molecule has 0 aliphatic rings. The van der Waals surface area contributed by atoms with E-state index in [2.05, 4.69) is 0 Å². The second-order valence-corrected chi connectivity index (χ2v) is 4.07. The lowest BCUT2D eigenvalue weighted by atomic mass is 9.87. The molecule has 0 fully saturated rings. The van der Waals surface area contributed by atoms with Gasteiger partial charge in [0.1, 0.15) is 0 Å². The zero-order chi connectivity index (χ0) is 14.8. The lowest BCUT2D eigenvalue weighted by Crippen LogP contribution is -2.28. The van der Waals surface area contributed by atoms with Crippen LogP contribution >= 0.6 is 0 Å². The molecule has 1 rings (SSSR count). The van der Waals surface area contributed by atoms with Gasteiger partial charge in [0.05, 0.1) is 5.56 Å². The second kappa shape index (κ2) is 5.29. The average molecular weight is 276 g/mol. The first kappa shape index (κ1) is 15.0. The Kier molecular flexibility index (Phi) is 4.18. The van der Waals surface area contributed by atoms with Gasteiger partial charge in [0, 0.05) is 5.92 Å². The molecule has 104 valence electrons. The molecule has 0 bridgehead atoms. The van der Waals surface area contributed by atoms with E-state index in [0.29, 0.717) is 0 Å². The summed E-state index contributed by atoms with van der Waals surface area (Å²) in [7, 11) is 0. The van der Waals surface area contributed by atoms with Gasteiger partial charge in [0.15, 0.2) is 5.92 Å². The Morgan fingerprint density at radius 3 is 2.11 bits per heavy atom. The van der Waals surface area contributed by atoms with Gasteiger partial charge in [0.2, 0.25) is 0 Å². The minimum absolute atomic E-state index is 0.0182. The minimum atomic E-state index is -4.56. The third kappa shape index (κ3) is 3.46. The third-order valence-electron chi connectivity index (χ3n) is 2.77. The van der Waals surface area contributed by atoms with Crippen molar-refractivity contribution < 1.29 is 33.0 Å². The van der Waals surface area contributed by atoms with E-state index in [9.17, 15) is 22.8 Å². The molecule has 1 unspecified atom stereocenters. The van der Waals surface area contributed by atoms with E-state index in [1.807, 2.05) is 0 Å². The highest BCUT2D eigenvalue weighted by Crippen LogP contribution is 2.33. The number of hydrogen-bond acceptors (Lipinski definition) is 2. The topological polar surface area (TPSA) is 74.6 Å². The van der Waals surface area contributed by atoms with Crippen molar-refractivity contribution in [2.45, 2.75) is 19.0 Å². The zero-order valence-corrected chi connectivity index (χ0v) is 9.81. The lowest BCUT2D eigenvalue weighted by molar-refractivity contribution is -0.155. The smallest absolute Gasteiger partial charge is 0.416 e. The summed E-state index contributed by atoms with van der Waals surface area (Å²) in [6.45, 7) is 1.27. The first-order valence-corrected chi connectivity index (χ1v) is 5.27. The largest absolute Gasteiger partial charge is 0.481 e. The summed E-state index contributed by atoms with van der Waals surface area (Å²) in [5.74, 6) is -6.03. The number of hydrogen-bond donors (Lipinski definition) is 2. The van der Waals surface area contributed by atoms with Gasteiger partial charge in [-0.1, -0.05) is 25.1 Å². The van der Waals surface area contributed by atoms with Crippen molar-refractivity contribution in [3.8, 4) is 0 Å². The van der Waals surface area contributed by atoms with Gasteiger partial charge in [-0.05, 0) is 11.6 Å². The lowest BCUT2D eigenvalue weighted by Gasteiger charge is -2.18. The van der Waals surface area contributed by atoms with E-state index in [1.165, 1.54) is 13.0 Å². The van der Waals surface area contributed by atoms with Crippen molar-refractivity contribution >= 4 is 11.9 Å². The fourth-order valence-corrected chi connectivity index (χ4v) is 1.72. The third-order valence-corrected chi connectivity index (χ3v) is 2.77. The number of aliphatic carboxylic acids is 2. The van der Waals surface area contributed by atoms with Crippen LogP contribution in [0.25, 0.3) is 0 Å². The molecular formula is C12H11F3O4. The Bertz CT molecular complexity index is 482. The van der Waals surface area contributed by atoms with Gasteiger partial charge in [-0.15, -0.1) is 0 Å². The Morgan fingerprint density at radius 2 is 1.68 bits per heavy atom. The molecule has 7 heteroatoms. The summed E-state index contributed by atoms with van der Waals surface area (Å²) >= 11 is 0. The van der Waals surface area contributed by atoms with Crippen molar-refractivity contribution in [2.75, 3.05) is 0 Å². The van der Waals surface area contributed by atoms with Crippen LogP contribution in [0.3, 0.4) is 0 Å². The maximum absolute atomic E-state index is 12.5. The van der Waals surface area contributed by atoms with Crippen molar-refractivity contribution in [2.24, 2.45) is 5.92 Å². The van der Waals surface area contributed by atoms with Gasteiger partial charge >= 0.3 is 18.1 Å². The summed E-state index contributed by atoms with van der Waals surface area (Å²) < 4.78 is 37.6. The Hall–Kier alpha value is -2.05. The van der Waals surface area contributed by atoms with Crippen molar-refractivity contribution in [3.05, 3.63) is 35.4 Å². The fourth-order valence-electron chi connectivity index (χ4n) is 1.72. The van der Waals surface area contributed by atoms with Crippen molar-refractivity contribution in [1.29, 1.82) is 0 Å². The molecule has 0 amide bonds. The van der Waals surface area contributed by atoms with Crippen LogP contribution in [0.4, 0.5) is 13.2 Å². The Labute approximate surface area is 106 Å². The molecular weight excluding hydrogens is 265 g/mol. The predicted molar refractivity (Wildman–Crippen MR) is 58.6 cm³/mol. The Morgan fingerprint density at radius 1 is 1.16 bits per heavy atom. The molecule has 4 nitrogen and oxygen atoms in total. The van der Waals surface area contributed by atoms with Crippen molar-refractivity contribution in [1.82, 2.24) is 0 Å². The van der Waals surface area contributed by atoms with Crippen LogP contribution in [0.15, 0.2) is 24.3 Å². The second-order valence-electron chi connectivity index (χ2n) is 4.07. The zero-order valence-electron chi connectivity index (χ0n) is 9.81. The number of benzene rings is 1. The fraction of sp³-hybridized carbons (Fsp3) is 0.333. The molecule has 0 saturated carbocycles. The van der Waals surface area contributed by atoms with Crippen LogP contribution in [0.1, 0.15) is 24.0 Å². The molecule has 0 aromatic heterocycles. The van der Waals surface area contributed by atoms with Gasteiger partial charge in [-0.3, -0.25) is 9.59 Å². The normalized spacial score (nSPS) is 13.3. The van der Waals surface area contributed by atoms with E-state index in [4.69, 9.17) is 10.2 Å². The molecule has 1 atom stereocenters. The van der Waals surface area contributed by atoms with Crippen LogP contribution in [0, 0.1) is 5.92 Å². The summed E-state index contributed by atoms with van der Waals surface area (Å²) in [4.78, 5) is 21.7. The molecule has 0 radical (unpaired) electrons. The molecule has 1 aromatic rings. The molecule has 0 spiro atoms. The van der Waals surface area contributed by atoms with Gasteiger partial charge in [0.25, 0.3) is 0 Å². The van der Waals surface area contributed by atoms with Crippen LogP contribution in [0.5, 0.6) is 0 Å². The quantitative estimate of drug-likeness (QED) is 0.829. The predicted octanol–water partition coefficient (Wildman–Crippen LogP) is 2.59. The van der Waals surface area contributed by atoms with E-state index in [0.717, 1.165) is 18.2 Å². The first-order chi connectivity index (χ1) is 8.64. The summed E-state index contributed by atoms with van der Waals surface area (Å²) in [5, 5.41) is 17.6. The summed E-state index contributed by atoms with van der Waals surface area (Å²) in [6.07, 6.45) is -4.56. The van der Waals surface area contributed by atoms with Crippen LogP contribution < -0.4 is 0 Å². The minimum Gasteiger partial charge on any atom is -0.481 e. The standard InChI is InChI=1S/C12H11F3O4/c1-6(9(10(16)17)11(18)19)7-3-2-4-8(5-7)12(13,14)15/h2-6,9H,1H3,(H,16,17)(H,18,19). The number of carbonyl (C=O) groups is 2. The number of carboxylic acids is 2. The van der Waals surface area contributed by atoms with E-state index in [-0.39, 0.29) is 5.56 Å². The van der Waals surface area contributed by atoms with E-state index < -0.39 is 35.5 Å². The maximum atomic E-state index is 12.5. The summed E-state index contributed by atoms with van der Waals surface area (Å²) in [5.41, 5.74) is -0.920. The number of rotatable bonds is 4. The number of carboxylic acid groups (broad SMARTS) is 2. The highest BCUT2D eigenvalue weighted by atomic mass is 19.4. The van der Waals surface area contributed by atoms with Crippen LogP contribution in [-0.4, -0.2) is 22.2 Å². The average Bonchev–Trinajstić information content (AvgIpc) is 2.27. The van der Waals surface area contributed by atoms with Gasteiger partial charge in [-0.25, -0.2) is 0 Å². The SMILES string of the molecule is CC(c1cccc(C(F)(F)F)c1)C(C(=O)O)C(=O)O. The van der Waals surface area contributed by atoms with E-state index >= 15 is 0 Å². The van der Waals surface area contributed by atoms with Crippen LogP contribution in [-0.2, 0) is 15.8 Å². The van der Waals surface area contributed by atoms with E-state index in [1.54, 1.807) is 0 Å². The van der Waals surface area contributed by atoms with Gasteiger partial charge < -0.3 is 10.2 Å². The number of halogens is 3.